The molecule has 1 unspecified atom stereocenters. The van der Waals surface area contributed by atoms with Crippen LogP contribution in [-0.2, 0) is 52.0 Å². The van der Waals surface area contributed by atoms with E-state index in [1.165, 1.54) is 148 Å². The summed E-state index contributed by atoms with van der Waals surface area (Å²) in [5.41, 5.74) is -1.58. The van der Waals surface area contributed by atoms with E-state index in [1.807, 2.05) is 0 Å². The minimum atomic E-state index is -5.32. The van der Waals surface area contributed by atoms with Crippen LogP contribution in [0.25, 0.3) is 0 Å². The molecule has 0 aliphatic carbocycles. The number of phosphoric ester groups is 1. The number of unbranched alkanes of at least 4 members (excludes halogenated alkanes) is 36. The van der Waals surface area contributed by atoms with Crippen LogP contribution in [0.4, 0.5) is 0 Å². The predicted molar refractivity (Wildman–Crippen MR) is 332 cm³/mol. The molecule has 0 saturated carbocycles. The van der Waals surface area contributed by atoms with Crippen molar-refractivity contribution in [3.63, 3.8) is 0 Å². The number of phosphoric acid groups is 1. The zero-order valence-corrected chi connectivity index (χ0v) is 54.4. The largest absolute Gasteiger partial charge is 0.470 e. The highest BCUT2D eigenvalue weighted by Gasteiger charge is 2.46. The van der Waals surface area contributed by atoms with Gasteiger partial charge in [0.05, 0.1) is 38.1 Å². The highest BCUT2D eigenvalue weighted by Crippen LogP contribution is 2.44. The molecule has 494 valence electrons. The predicted octanol–water partition coefficient (Wildman–Crippen LogP) is 15.5. The van der Waals surface area contributed by atoms with Gasteiger partial charge in [-0.3, -0.25) is 23.7 Å². The minimum absolute atomic E-state index is 0.141. The second kappa shape index (κ2) is 53.3. The average Bonchev–Trinajstić information content (AvgIpc) is 4.06. The summed E-state index contributed by atoms with van der Waals surface area (Å²) in [4.78, 5) is 73.7. The fourth-order valence-electron chi connectivity index (χ4n) is 10.7. The molecule has 0 saturated heterocycles. The number of carbonyl (C=O) groups excluding carboxylic acids is 4. The molecule has 1 rings (SSSR count). The Bertz CT molecular complexity index is 1710. The number of nitrogens with one attached hydrogen (secondary N) is 1. The fourth-order valence-corrected chi connectivity index (χ4v) is 11.2. The van der Waals surface area contributed by atoms with E-state index >= 15 is 0 Å². The van der Waals surface area contributed by atoms with E-state index in [4.69, 9.17) is 28.2 Å². The molecule has 0 aromatic rings. The third kappa shape index (κ3) is 43.0. The zero-order chi connectivity index (χ0) is 61.8. The van der Waals surface area contributed by atoms with Crippen LogP contribution < -0.4 is 5.32 Å². The molecule has 0 bridgehead atoms. The van der Waals surface area contributed by atoms with Crippen LogP contribution in [0.15, 0.2) is 11.7 Å². The highest BCUT2D eigenvalue weighted by molar-refractivity contribution is 7.46. The Labute approximate surface area is 509 Å². The standard InChI is InChI=1S/C66H124NO16P/c1-5-9-13-17-21-25-27-31-35-39-43-47-60(72)79-56(45-41-37-33-29-23-19-15-11-7-3)49-59(71)67-52-66(53-69,54-70)55-78-65-64(63(58(51-68)81-65)83-84(75,76)77)82-62(74)50-57(46-42-38-34-30-24-20-16-12-8-4)80-61(73)48-44-40-36-32-28-26-22-18-14-10-6-2/h56-58,63,68-70H,5-55H2,1-4H3,(H,67,71)(H2,75,76,77)/t56-,57-,58?,63-/m1/s1. The van der Waals surface area contributed by atoms with Crippen LogP contribution in [0.5, 0.6) is 0 Å². The van der Waals surface area contributed by atoms with Crippen LogP contribution >= 0.6 is 7.82 Å². The third-order valence-corrected chi connectivity index (χ3v) is 16.7. The maximum Gasteiger partial charge on any atom is 0.470 e. The van der Waals surface area contributed by atoms with Gasteiger partial charge in [-0.25, -0.2) is 4.57 Å². The van der Waals surface area contributed by atoms with Crippen LogP contribution in [0, 0.1) is 5.41 Å². The summed E-state index contributed by atoms with van der Waals surface area (Å²) in [5.74, 6) is -3.43. The number of amides is 1. The maximum absolute atomic E-state index is 13.9. The molecule has 0 aromatic heterocycles. The van der Waals surface area contributed by atoms with Crippen molar-refractivity contribution >= 4 is 31.6 Å². The number of aliphatic hydroxyl groups is 3. The topological polar surface area (TPSA) is 254 Å². The van der Waals surface area contributed by atoms with Crippen LogP contribution in [0.2, 0.25) is 0 Å². The van der Waals surface area contributed by atoms with E-state index < -0.39 is 100 Å². The van der Waals surface area contributed by atoms with Gasteiger partial charge in [0.25, 0.3) is 0 Å². The first kappa shape index (κ1) is 79.2. The summed E-state index contributed by atoms with van der Waals surface area (Å²) in [7, 11) is -5.32. The molecule has 0 spiro atoms. The first-order chi connectivity index (χ1) is 40.7. The Morgan fingerprint density at radius 3 is 1.19 bits per heavy atom. The molecule has 1 aliphatic heterocycles. The number of aliphatic hydroxyl groups excluding tert-OH is 3. The normalized spacial score (nSPS) is 15.2. The van der Waals surface area contributed by atoms with Crippen molar-refractivity contribution in [1.29, 1.82) is 0 Å². The second-order valence-electron chi connectivity index (χ2n) is 24.3. The minimum Gasteiger partial charge on any atom is -0.462 e. The van der Waals surface area contributed by atoms with Crippen LogP contribution in [0.3, 0.4) is 0 Å². The lowest BCUT2D eigenvalue weighted by atomic mass is 9.91. The zero-order valence-electron chi connectivity index (χ0n) is 53.5. The first-order valence-electron chi connectivity index (χ1n) is 34.2. The SMILES string of the molecule is CCCCCCCCCCCCCC(=O)O[C@H](CCCCCCCCCCC)CC(=O)NCC(CO)(CO)COC1=C(OC(=O)C[C@@H](CCCCCCCCCCC)OC(=O)CCCCCCCCCCCCC)[C@H](OP(=O)(O)O)C(CO)O1. The van der Waals surface area contributed by atoms with E-state index in [-0.39, 0.29) is 31.8 Å². The molecule has 0 aromatic carbocycles. The van der Waals surface area contributed by atoms with Gasteiger partial charge in [0.1, 0.15) is 18.8 Å². The Kier molecular flexibility index (Phi) is 50.2. The van der Waals surface area contributed by atoms with Crippen LogP contribution in [-0.4, -0.2) is 106 Å². The van der Waals surface area contributed by atoms with Gasteiger partial charge >= 0.3 is 31.7 Å². The number of carbonyl (C=O) groups is 4. The molecule has 1 aliphatic rings. The second-order valence-corrected chi connectivity index (χ2v) is 25.5. The van der Waals surface area contributed by atoms with Gasteiger partial charge in [-0.05, 0) is 38.5 Å². The number of ether oxygens (including phenoxy) is 5. The molecular formula is C66H124NO16P. The van der Waals surface area contributed by atoms with E-state index in [0.717, 1.165) is 89.9 Å². The Morgan fingerprint density at radius 1 is 0.500 bits per heavy atom. The molecule has 84 heavy (non-hydrogen) atoms. The van der Waals surface area contributed by atoms with Gasteiger partial charge in [0, 0.05) is 19.4 Å². The van der Waals surface area contributed by atoms with Gasteiger partial charge in [-0.1, -0.05) is 259 Å². The first-order valence-corrected chi connectivity index (χ1v) is 35.7. The Hall–Kier alpha value is -2.79. The quantitative estimate of drug-likeness (QED) is 0.0143. The molecular weight excluding hydrogens is 1090 g/mol. The lowest BCUT2D eigenvalue weighted by Crippen LogP contribution is -2.46. The molecule has 0 radical (unpaired) electrons. The van der Waals surface area contributed by atoms with Crippen molar-refractivity contribution in [3.8, 4) is 0 Å². The molecule has 0 fully saturated rings. The van der Waals surface area contributed by atoms with Crippen molar-refractivity contribution in [2.45, 2.75) is 347 Å². The van der Waals surface area contributed by atoms with E-state index in [0.29, 0.717) is 32.1 Å². The number of esters is 3. The molecule has 6 N–H and O–H groups in total. The maximum atomic E-state index is 13.9. The molecule has 17 nitrogen and oxygen atoms in total. The van der Waals surface area contributed by atoms with Gasteiger partial charge in [0.15, 0.2) is 12.2 Å². The van der Waals surface area contributed by atoms with Gasteiger partial charge in [-0.2, -0.15) is 0 Å². The summed E-state index contributed by atoms with van der Waals surface area (Å²) in [5, 5.41) is 34.4. The van der Waals surface area contributed by atoms with E-state index in [1.54, 1.807) is 0 Å². The molecule has 18 heteroatoms. The summed E-state index contributed by atoms with van der Waals surface area (Å²) in [6.45, 7) is 5.62. The van der Waals surface area contributed by atoms with Gasteiger partial charge in [0.2, 0.25) is 11.7 Å². The van der Waals surface area contributed by atoms with E-state index in [9.17, 15) is 48.8 Å². The molecule has 1 heterocycles. The monoisotopic (exact) mass is 1220 g/mol. The lowest BCUT2D eigenvalue weighted by molar-refractivity contribution is -0.155. The summed E-state index contributed by atoms with van der Waals surface area (Å²) in [6.07, 6.45) is 40.5. The van der Waals surface area contributed by atoms with Crippen molar-refractivity contribution < 1.29 is 77.1 Å². The Morgan fingerprint density at radius 2 is 0.845 bits per heavy atom. The van der Waals surface area contributed by atoms with Crippen molar-refractivity contribution in [2.24, 2.45) is 5.41 Å². The van der Waals surface area contributed by atoms with Gasteiger partial charge < -0.3 is 54.1 Å². The molecule has 4 atom stereocenters. The van der Waals surface area contributed by atoms with Crippen molar-refractivity contribution in [2.75, 3.05) is 33.0 Å². The smallest absolute Gasteiger partial charge is 0.462 e. The lowest BCUT2D eigenvalue weighted by Gasteiger charge is -2.30. The average molecular weight is 1220 g/mol. The fraction of sp³-hybridized carbons (Fsp3) is 0.909. The molecule has 1 amide bonds. The van der Waals surface area contributed by atoms with Crippen LogP contribution in [0.1, 0.15) is 323 Å². The summed E-state index contributed by atoms with van der Waals surface area (Å²) >= 11 is 0. The number of hydrogen-bond acceptors (Lipinski definition) is 14. The van der Waals surface area contributed by atoms with Gasteiger partial charge in [-0.15, -0.1) is 0 Å². The summed E-state index contributed by atoms with van der Waals surface area (Å²) in [6, 6.07) is 0. The summed E-state index contributed by atoms with van der Waals surface area (Å²) < 4.78 is 46.5. The highest BCUT2D eigenvalue weighted by atomic mass is 31.2. The van der Waals surface area contributed by atoms with Crippen molar-refractivity contribution in [3.05, 3.63) is 11.7 Å². The number of hydrogen-bond donors (Lipinski definition) is 6. The number of rotatable bonds is 61. The van der Waals surface area contributed by atoms with Crippen molar-refractivity contribution in [1.82, 2.24) is 5.32 Å². The third-order valence-electron chi connectivity index (χ3n) is 16.2. The van der Waals surface area contributed by atoms with E-state index in [2.05, 4.69) is 33.0 Å². The Balaban J connectivity index is 3.13.